The van der Waals surface area contributed by atoms with Gasteiger partial charge in [0.05, 0.1) is 20.3 Å². The molecule has 1 aromatic carbocycles. The lowest BCUT2D eigenvalue weighted by Crippen LogP contribution is -2.18. The van der Waals surface area contributed by atoms with Crippen LogP contribution in [0.1, 0.15) is 51.0 Å². The number of hydrogen-bond donors (Lipinski definition) is 2. The molecule has 0 aliphatic rings. The van der Waals surface area contributed by atoms with Crippen molar-refractivity contribution in [3.8, 4) is 46.0 Å². The maximum atomic E-state index is 13.8. The van der Waals surface area contributed by atoms with Crippen LogP contribution in [0.4, 0.5) is 10.6 Å². The number of tetrazole rings is 1. The number of methoxy groups -OCH3 is 1. The van der Waals surface area contributed by atoms with Crippen molar-refractivity contribution < 1.29 is 46.8 Å². The van der Waals surface area contributed by atoms with Gasteiger partial charge in [-0.05, 0) is 66.3 Å². The molecule has 0 unspecified atom stereocenters. The van der Waals surface area contributed by atoms with Crippen molar-refractivity contribution in [2.24, 2.45) is 0 Å². The van der Waals surface area contributed by atoms with Crippen molar-refractivity contribution in [1.82, 2.24) is 40.6 Å². The molecule has 0 spiro atoms. The second-order valence-electron chi connectivity index (χ2n) is 11.9. The monoisotopic (exact) mass is 794 g/mol. The highest BCUT2D eigenvalue weighted by Gasteiger charge is 2.27. The summed E-state index contributed by atoms with van der Waals surface area (Å²) in [6.07, 6.45) is 4.29. The first-order chi connectivity index (χ1) is 27.0. The minimum absolute atomic E-state index is 0.00394. The van der Waals surface area contributed by atoms with E-state index < -0.39 is 21.3 Å². The number of para-hydroxylation sites is 2. The second-order valence-corrected chi connectivity index (χ2v) is 13.5. The normalized spacial score (nSPS) is 11.1. The number of benzene rings is 1. The fourth-order valence-corrected chi connectivity index (χ4v) is 5.76. The van der Waals surface area contributed by atoms with E-state index in [2.05, 4.69) is 50.1 Å². The molecular formula is C34H38N10O11S. The van der Waals surface area contributed by atoms with Gasteiger partial charge < -0.3 is 28.5 Å². The Morgan fingerprint density at radius 2 is 1.70 bits per heavy atom. The number of aromatic nitrogens is 8. The highest BCUT2D eigenvalue weighted by molar-refractivity contribution is 7.92. The van der Waals surface area contributed by atoms with Crippen LogP contribution in [-0.4, -0.2) is 93.8 Å². The number of hydrogen-bond acceptors (Lipinski definition) is 18. The predicted molar refractivity (Wildman–Crippen MR) is 195 cm³/mol. The predicted octanol–water partition coefficient (Wildman–Crippen LogP) is 5.14. The number of ether oxygens (including phenoxy) is 5. The summed E-state index contributed by atoms with van der Waals surface area (Å²) >= 11 is 0. The first-order valence-corrected chi connectivity index (χ1v) is 18.6. The van der Waals surface area contributed by atoms with E-state index >= 15 is 0 Å². The number of nitrogens with one attached hydrogen (secondary N) is 2. The Morgan fingerprint density at radius 3 is 2.39 bits per heavy atom. The Kier molecular flexibility index (Phi) is 14.1. The minimum Gasteiger partial charge on any atom is -0.493 e. The zero-order valence-corrected chi connectivity index (χ0v) is 31.3. The Labute approximate surface area is 320 Å². The van der Waals surface area contributed by atoms with E-state index in [1.807, 2.05) is 13.8 Å². The van der Waals surface area contributed by atoms with Gasteiger partial charge >= 0.3 is 6.16 Å². The molecule has 0 amide bonds. The average Bonchev–Trinajstić information content (AvgIpc) is 3.74. The number of carbonyl (C=O) groups excluding carboxylic acids is 1. The quantitative estimate of drug-likeness (QED) is 0.0421. The Balaban J connectivity index is 1.42. The molecule has 21 nitrogen and oxygen atoms in total. The molecule has 0 fully saturated rings. The molecule has 5 aromatic rings. The highest BCUT2D eigenvalue weighted by atomic mass is 32.2. The third kappa shape index (κ3) is 11.4. The number of H-pyrrole nitrogens is 1. The van der Waals surface area contributed by atoms with Crippen LogP contribution in [0.2, 0.25) is 0 Å². The van der Waals surface area contributed by atoms with Crippen LogP contribution in [0.25, 0.3) is 22.9 Å². The largest absolute Gasteiger partial charge is 0.508 e. The van der Waals surface area contributed by atoms with Crippen molar-refractivity contribution in [1.29, 1.82) is 0 Å². The lowest BCUT2D eigenvalue weighted by atomic mass is 10.1. The highest BCUT2D eigenvalue weighted by Crippen LogP contribution is 2.41. The SMILES string of the molecule is COc1ccccc1Oc1c(NS(=O)(=O)c2ccc(C(C)C)cn2)nc(-c2ccnc(-c3nn[nH]n3)c2)nc1OCCOC(=O)OCCCCCCO[N+](=O)[O-]. The topological polar surface area (TPSA) is 268 Å². The van der Waals surface area contributed by atoms with Crippen LogP contribution in [0.15, 0.2) is 66.0 Å². The van der Waals surface area contributed by atoms with Gasteiger partial charge in [0, 0.05) is 18.0 Å². The number of nitrogens with zero attached hydrogens (tertiary/aromatic N) is 8. The molecule has 0 atom stereocenters. The van der Waals surface area contributed by atoms with Crippen molar-refractivity contribution in [2.75, 3.05) is 38.3 Å². The number of rotatable bonds is 21. The summed E-state index contributed by atoms with van der Waals surface area (Å²) in [5, 5.41) is 22.9. The summed E-state index contributed by atoms with van der Waals surface area (Å²) in [6.45, 7) is 3.40. The van der Waals surface area contributed by atoms with Gasteiger partial charge in [0.1, 0.15) is 18.9 Å². The zero-order valence-electron chi connectivity index (χ0n) is 30.5. The van der Waals surface area contributed by atoms with E-state index in [0.717, 1.165) is 5.56 Å². The van der Waals surface area contributed by atoms with Gasteiger partial charge in [-0.2, -0.15) is 18.6 Å². The maximum absolute atomic E-state index is 13.8. The molecule has 56 heavy (non-hydrogen) atoms. The lowest BCUT2D eigenvalue weighted by molar-refractivity contribution is -0.757. The standard InChI is InChI=1S/C34H38N10O11S/c1-22(2)24-12-13-28(36-21-24)56(48,49)41-32-29(55-27-11-7-6-10-26(27)50-3)33(38-30(37-32)23-14-15-35-25(20-23)31-39-42-43-40-31)51-18-19-53-34(45)52-16-8-4-5-9-17-54-44(46)47/h6-7,10-15,20-22H,4-5,8-9,16-19H2,1-3H3,(H,37,38,41)(H,39,40,42,43). The summed E-state index contributed by atoms with van der Waals surface area (Å²) in [5.74, 6) is -0.0666. The first kappa shape index (κ1) is 40.5. The van der Waals surface area contributed by atoms with Crippen LogP contribution in [-0.2, 0) is 24.3 Å². The number of aromatic amines is 1. The Hall–Kier alpha value is -6.71. The molecule has 0 radical (unpaired) electrons. The molecule has 5 rings (SSSR count). The van der Waals surface area contributed by atoms with Gasteiger partial charge in [0.25, 0.3) is 21.0 Å². The summed E-state index contributed by atoms with van der Waals surface area (Å²) in [7, 11) is -2.95. The molecule has 4 aromatic heterocycles. The van der Waals surface area contributed by atoms with E-state index in [-0.39, 0.29) is 72.2 Å². The van der Waals surface area contributed by atoms with Crippen LogP contribution in [0.3, 0.4) is 0 Å². The zero-order chi connectivity index (χ0) is 39.9. The Morgan fingerprint density at radius 1 is 0.929 bits per heavy atom. The van der Waals surface area contributed by atoms with E-state index in [4.69, 9.17) is 23.7 Å². The summed E-state index contributed by atoms with van der Waals surface area (Å²) in [5.41, 5.74) is 1.51. The van der Waals surface area contributed by atoms with Gasteiger partial charge in [-0.15, -0.1) is 20.3 Å². The Bertz CT molecular complexity index is 2170. The summed E-state index contributed by atoms with van der Waals surface area (Å²) in [6, 6.07) is 12.8. The van der Waals surface area contributed by atoms with Gasteiger partial charge in [-0.1, -0.05) is 38.5 Å². The third-order valence-electron chi connectivity index (χ3n) is 7.64. The maximum Gasteiger partial charge on any atom is 0.508 e. The summed E-state index contributed by atoms with van der Waals surface area (Å²) < 4.78 is 58.0. The van der Waals surface area contributed by atoms with Crippen molar-refractivity contribution in [3.63, 3.8) is 0 Å². The fourth-order valence-electron chi connectivity index (χ4n) is 4.82. The fraction of sp³-hybridized carbons (Fsp3) is 0.353. The van der Waals surface area contributed by atoms with Gasteiger partial charge in [-0.3, -0.25) is 9.71 Å². The molecular weight excluding hydrogens is 757 g/mol. The molecule has 4 heterocycles. The molecule has 296 valence electrons. The smallest absolute Gasteiger partial charge is 0.493 e. The molecule has 0 saturated carbocycles. The number of pyridine rings is 2. The summed E-state index contributed by atoms with van der Waals surface area (Å²) in [4.78, 5) is 44.3. The van der Waals surface area contributed by atoms with E-state index in [0.29, 0.717) is 42.7 Å². The number of unbranched alkanes of at least 4 members (excludes halogenated alkanes) is 3. The van der Waals surface area contributed by atoms with Crippen LogP contribution >= 0.6 is 0 Å². The van der Waals surface area contributed by atoms with Crippen LogP contribution in [0.5, 0.6) is 23.1 Å². The molecule has 0 bridgehead atoms. The lowest BCUT2D eigenvalue weighted by Gasteiger charge is -2.18. The molecule has 0 aliphatic heterocycles. The van der Waals surface area contributed by atoms with Crippen LogP contribution < -0.4 is 18.9 Å². The van der Waals surface area contributed by atoms with Crippen molar-refractivity contribution >= 4 is 22.0 Å². The first-order valence-electron chi connectivity index (χ1n) is 17.2. The molecule has 22 heteroatoms. The molecule has 0 saturated heterocycles. The second kappa shape index (κ2) is 19.6. The van der Waals surface area contributed by atoms with E-state index in [1.165, 1.54) is 25.6 Å². The van der Waals surface area contributed by atoms with Crippen LogP contribution in [0, 0.1) is 10.1 Å². The van der Waals surface area contributed by atoms with E-state index in [9.17, 15) is 23.3 Å². The van der Waals surface area contributed by atoms with Gasteiger partial charge in [0.15, 0.2) is 28.2 Å². The van der Waals surface area contributed by atoms with Gasteiger partial charge in [-0.25, -0.2) is 14.8 Å². The van der Waals surface area contributed by atoms with Crippen molar-refractivity contribution in [3.05, 3.63) is 76.6 Å². The van der Waals surface area contributed by atoms with Gasteiger partial charge in [0.2, 0.25) is 11.6 Å². The van der Waals surface area contributed by atoms with E-state index in [1.54, 1.807) is 42.5 Å². The number of anilines is 1. The minimum atomic E-state index is -4.39. The molecule has 2 N–H and O–H groups in total. The molecule has 0 aliphatic carbocycles. The number of carbonyl (C=O) groups is 1. The third-order valence-corrected chi connectivity index (χ3v) is 8.89. The number of sulfonamides is 1. The van der Waals surface area contributed by atoms with Crippen molar-refractivity contribution in [2.45, 2.75) is 50.5 Å². The average molecular weight is 795 g/mol.